The van der Waals surface area contributed by atoms with Gasteiger partial charge in [-0.05, 0) is 42.8 Å². The molecule has 180 valence electrons. The summed E-state index contributed by atoms with van der Waals surface area (Å²) in [7, 11) is 0. The normalized spacial score (nSPS) is 19.4. The summed E-state index contributed by atoms with van der Waals surface area (Å²) in [6.45, 7) is -0.785. The summed E-state index contributed by atoms with van der Waals surface area (Å²) < 4.78 is 67.2. The van der Waals surface area contributed by atoms with Crippen LogP contribution in [0.15, 0.2) is 42.5 Å². The highest BCUT2D eigenvalue weighted by atomic mass is 32.1. The monoisotopic (exact) mass is 500 g/mol. The fourth-order valence-corrected chi connectivity index (χ4v) is 4.19. The maximum absolute atomic E-state index is 13.8. The van der Waals surface area contributed by atoms with E-state index < -0.39 is 53.7 Å². The number of anilines is 2. The number of urea groups is 1. The summed E-state index contributed by atoms with van der Waals surface area (Å²) >= 11 is 0.819. The third kappa shape index (κ3) is 4.66. The van der Waals surface area contributed by atoms with E-state index in [1.54, 1.807) is 0 Å². The minimum atomic E-state index is -5.36. The van der Waals surface area contributed by atoms with Crippen molar-refractivity contribution in [3.05, 3.63) is 53.8 Å². The van der Waals surface area contributed by atoms with Gasteiger partial charge in [-0.3, -0.25) is 14.5 Å². The maximum Gasteiger partial charge on any atom is 0.430 e. The number of fused-ring (bicyclic) bond motifs is 1. The first-order chi connectivity index (χ1) is 16.0. The number of carbonyl (C=O) groups is 2. The van der Waals surface area contributed by atoms with E-state index in [0.717, 1.165) is 35.6 Å². The van der Waals surface area contributed by atoms with E-state index in [-0.39, 0.29) is 21.8 Å². The van der Waals surface area contributed by atoms with Crippen LogP contribution < -0.4 is 16.0 Å². The number of nitrogens with zero attached hydrogens (tertiary/aromatic N) is 1. The molecule has 3 aromatic rings. The number of aliphatic hydroxyl groups is 1. The van der Waals surface area contributed by atoms with Gasteiger partial charge in [-0.25, -0.2) is 14.2 Å². The molecule has 1 fully saturated rings. The summed E-state index contributed by atoms with van der Waals surface area (Å²) in [5, 5.41) is 17.4. The summed E-state index contributed by atoms with van der Waals surface area (Å²) in [6.07, 6.45) is -5.16. The molecule has 4 rings (SSSR count). The highest BCUT2D eigenvalue weighted by Crippen LogP contribution is 2.42. The highest BCUT2D eigenvalue weighted by molar-refractivity contribution is 7.22. The molecule has 2 aromatic carbocycles. The van der Waals surface area contributed by atoms with Gasteiger partial charge in [0.15, 0.2) is 5.13 Å². The van der Waals surface area contributed by atoms with Crippen LogP contribution in [0.25, 0.3) is 10.2 Å². The Morgan fingerprint density at radius 1 is 1.12 bits per heavy atom. The van der Waals surface area contributed by atoms with E-state index in [2.05, 4.69) is 20.9 Å². The minimum Gasteiger partial charge on any atom is -0.369 e. The number of benzene rings is 2. The van der Waals surface area contributed by atoms with E-state index in [0.29, 0.717) is 5.69 Å². The lowest BCUT2D eigenvalue weighted by molar-refractivity contribution is -0.257. The Labute approximate surface area is 193 Å². The summed E-state index contributed by atoms with van der Waals surface area (Å²) in [6, 6.07) is 6.52. The zero-order chi connectivity index (χ0) is 24.7. The van der Waals surface area contributed by atoms with E-state index >= 15 is 0 Å². The molecule has 34 heavy (non-hydrogen) atoms. The van der Waals surface area contributed by atoms with Crippen molar-refractivity contribution in [2.45, 2.75) is 24.2 Å². The average Bonchev–Trinajstić information content (AvgIpc) is 3.40. The molecular formula is C21H17F5N4O3S. The van der Waals surface area contributed by atoms with Crippen molar-refractivity contribution >= 4 is 44.3 Å². The second kappa shape index (κ2) is 8.80. The van der Waals surface area contributed by atoms with Crippen molar-refractivity contribution in [1.29, 1.82) is 0 Å². The van der Waals surface area contributed by atoms with Gasteiger partial charge in [0, 0.05) is 23.2 Å². The van der Waals surface area contributed by atoms with Gasteiger partial charge in [-0.2, -0.15) is 13.2 Å². The molecule has 7 nitrogen and oxygen atoms in total. The standard InChI is InChI=1S/C21H17F5N4O3S/c22-9-10-7-15(10)28-17(31)20(33,21(24,25)26)11-1-6-14-16(8-11)34-19(29-14)30-18(32)27-13-4-2-12(23)3-5-13/h1-6,8,10,15,33H,7,9H2,(H,28,31)(H2,27,29,30,32)/t10-,15-,20+/m1/s1. The fraction of sp³-hybridized carbons (Fsp3) is 0.286. The number of hydrogen-bond acceptors (Lipinski definition) is 5. The molecule has 1 aromatic heterocycles. The number of halogens is 5. The zero-order valence-electron chi connectivity index (χ0n) is 17.1. The third-order valence-corrected chi connectivity index (χ3v) is 6.24. The van der Waals surface area contributed by atoms with Crippen molar-refractivity contribution in [1.82, 2.24) is 10.3 Å². The Morgan fingerprint density at radius 3 is 2.44 bits per heavy atom. The van der Waals surface area contributed by atoms with E-state index in [9.17, 15) is 36.6 Å². The number of aromatic nitrogens is 1. The van der Waals surface area contributed by atoms with Gasteiger partial charge in [-0.15, -0.1) is 0 Å². The lowest BCUT2D eigenvalue weighted by Crippen LogP contribution is -2.55. The van der Waals surface area contributed by atoms with Crippen molar-refractivity contribution in [3.8, 4) is 0 Å². The molecule has 1 aliphatic rings. The van der Waals surface area contributed by atoms with Gasteiger partial charge >= 0.3 is 12.2 Å². The number of thiazole rings is 1. The molecule has 0 spiro atoms. The van der Waals surface area contributed by atoms with Gasteiger partial charge in [0.2, 0.25) is 0 Å². The average molecular weight is 500 g/mol. The Balaban J connectivity index is 1.55. The van der Waals surface area contributed by atoms with Crippen LogP contribution in [0, 0.1) is 11.7 Å². The van der Waals surface area contributed by atoms with E-state index in [1.807, 2.05) is 0 Å². The molecule has 1 heterocycles. The molecule has 0 aliphatic heterocycles. The predicted octanol–water partition coefficient (Wildman–Crippen LogP) is 4.30. The smallest absolute Gasteiger partial charge is 0.369 e. The van der Waals surface area contributed by atoms with Crippen LogP contribution in [0.4, 0.5) is 37.6 Å². The van der Waals surface area contributed by atoms with Crippen LogP contribution in [0.3, 0.4) is 0 Å². The van der Waals surface area contributed by atoms with Crippen molar-refractivity contribution in [2.24, 2.45) is 5.92 Å². The van der Waals surface area contributed by atoms with Crippen LogP contribution in [0.1, 0.15) is 12.0 Å². The van der Waals surface area contributed by atoms with Crippen LogP contribution in [-0.2, 0) is 10.4 Å². The Hall–Kier alpha value is -3.32. The number of amides is 3. The van der Waals surface area contributed by atoms with Gasteiger partial charge in [0.05, 0.1) is 16.9 Å². The first-order valence-electron chi connectivity index (χ1n) is 9.92. The van der Waals surface area contributed by atoms with Gasteiger partial charge < -0.3 is 15.7 Å². The van der Waals surface area contributed by atoms with Crippen molar-refractivity contribution < 1.29 is 36.6 Å². The first kappa shape index (κ1) is 23.8. The van der Waals surface area contributed by atoms with Gasteiger partial charge in [0.1, 0.15) is 5.82 Å². The van der Waals surface area contributed by atoms with E-state index in [4.69, 9.17) is 0 Å². The predicted molar refractivity (Wildman–Crippen MR) is 115 cm³/mol. The molecule has 13 heteroatoms. The van der Waals surface area contributed by atoms with Crippen LogP contribution >= 0.6 is 11.3 Å². The van der Waals surface area contributed by atoms with Crippen molar-refractivity contribution in [2.75, 3.05) is 17.3 Å². The molecule has 4 N–H and O–H groups in total. The molecule has 1 saturated carbocycles. The number of hydrogen-bond donors (Lipinski definition) is 4. The molecular weight excluding hydrogens is 483 g/mol. The van der Waals surface area contributed by atoms with Crippen LogP contribution in [-0.4, -0.2) is 40.9 Å². The summed E-state index contributed by atoms with van der Waals surface area (Å²) in [5.74, 6) is -2.75. The topological polar surface area (TPSA) is 103 Å². The Morgan fingerprint density at radius 2 is 1.82 bits per heavy atom. The Kier molecular flexibility index (Phi) is 6.16. The first-order valence-corrected chi connectivity index (χ1v) is 10.7. The fourth-order valence-electron chi connectivity index (χ4n) is 3.29. The van der Waals surface area contributed by atoms with E-state index in [1.165, 1.54) is 18.2 Å². The highest BCUT2D eigenvalue weighted by Gasteiger charge is 2.62. The third-order valence-electron chi connectivity index (χ3n) is 5.30. The molecule has 3 atom stereocenters. The van der Waals surface area contributed by atoms with Gasteiger partial charge in [0.25, 0.3) is 11.5 Å². The molecule has 0 radical (unpaired) electrons. The lowest BCUT2D eigenvalue weighted by Gasteiger charge is -2.29. The van der Waals surface area contributed by atoms with Crippen molar-refractivity contribution in [3.63, 3.8) is 0 Å². The minimum absolute atomic E-state index is 0.0375. The Bertz CT molecular complexity index is 1230. The number of rotatable bonds is 6. The number of carbonyl (C=O) groups excluding carboxylic acids is 2. The second-order valence-electron chi connectivity index (χ2n) is 7.73. The number of nitrogens with one attached hydrogen (secondary N) is 3. The molecule has 1 aliphatic carbocycles. The largest absolute Gasteiger partial charge is 0.430 e. The van der Waals surface area contributed by atoms with Crippen LogP contribution in [0.5, 0.6) is 0 Å². The summed E-state index contributed by atoms with van der Waals surface area (Å²) in [4.78, 5) is 28.6. The number of alkyl halides is 4. The maximum atomic E-state index is 13.8. The molecule has 0 unspecified atom stereocenters. The van der Waals surface area contributed by atoms with Gasteiger partial charge in [-0.1, -0.05) is 17.4 Å². The molecule has 0 saturated heterocycles. The zero-order valence-corrected chi connectivity index (χ0v) is 17.9. The SMILES string of the molecule is O=C(Nc1ccc(F)cc1)Nc1nc2ccc([C@](O)(C(=O)N[C@@H]3C[C@@H]3CF)C(F)(F)F)cc2s1. The second-order valence-corrected chi connectivity index (χ2v) is 8.76. The molecule has 3 amide bonds. The quantitative estimate of drug-likeness (QED) is 0.379. The lowest BCUT2D eigenvalue weighted by atomic mass is 9.91. The van der Waals surface area contributed by atoms with Crippen LogP contribution in [0.2, 0.25) is 0 Å². The molecule has 0 bridgehead atoms. The summed E-state index contributed by atoms with van der Waals surface area (Å²) in [5.41, 5.74) is -4.08.